The molecule has 0 unspecified atom stereocenters. The van der Waals surface area contributed by atoms with Gasteiger partial charge in [-0.05, 0) is 24.3 Å². The molecular weight excluding hydrogens is 242 g/mol. The quantitative estimate of drug-likeness (QED) is 0.888. The molecule has 0 radical (unpaired) electrons. The number of carbonyl (C=O) groups is 1. The van der Waals surface area contributed by atoms with Gasteiger partial charge in [-0.1, -0.05) is 17.7 Å². The fourth-order valence-corrected chi connectivity index (χ4v) is 1.63. The molecule has 1 aromatic heterocycles. The molecule has 2 aromatic rings. The van der Waals surface area contributed by atoms with E-state index in [0.717, 1.165) is 0 Å². The molecule has 1 aromatic carbocycles. The molecule has 0 amide bonds. The minimum Gasteiger partial charge on any atom is -0.478 e. The maximum absolute atomic E-state index is 11.6. The van der Waals surface area contributed by atoms with E-state index in [1.807, 2.05) is 0 Å². The Morgan fingerprint density at radius 3 is 2.65 bits per heavy atom. The van der Waals surface area contributed by atoms with Gasteiger partial charge in [-0.2, -0.15) is 0 Å². The average Bonchev–Trinajstić information content (AvgIpc) is 2.29. The van der Waals surface area contributed by atoms with Gasteiger partial charge in [0.25, 0.3) is 5.56 Å². The standard InChI is InChI=1S/C12H8ClNO3/c13-9-2-1-3-10(6-9)14-7-8(12(16)17)4-5-11(14)15/h1-7H,(H,16,17). The first kappa shape index (κ1) is 11.4. The first-order valence-electron chi connectivity index (χ1n) is 4.80. The number of carboxylic acid groups (broad SMARTS) is 1. The lowest BCUT2D eigenvalue weighted by Crippen LogP contribution is -2.18. The highest BCUT2D eigenvalue weighted by atomic mass is 35.5. The van der Waals surface area contributed by atoms with Gasteiger partial charge in [-0.15, -0.1) is 0 Å². The number of aromatic nitrogens is 1. The molecule has 0 saturated carbocycles. The minimum absolute atomic E-state index is 0.0459. The summed E-state index contributed by atoms with van der Waals surface area (Å²) in [5.41, 5.74) is 0.271. The van der Waals surface area contributed by atoms with E-state index in [2.05, 4.69) is 0 Å². The van der Waals surface area contributed by atoms with Gasteiger partial charge < -0.3 is 5.11 Å². The summed E-state index contributed by atoms with van der Waals surface area (Å²) in [5.74, 6) is -1.08. The molecule has 1 heterocycles. The van der Waals surface area contributed by atoms with Crippen molar-refractivity contribution in [2.45, 2.75) is 0 Å². The van der Waals surface area contributed by atoms with Crippen LogP contribution in [0.3, 0.4) is 0 Å². The molecule has 4 nitrogen and oxygen atoms in total. The Kier molecular flexibility index (Phi) is 2.97. The van der Waals surface area contributed by atoms with Crippen LogP contribution in [-0.2, 0) is 0 Å². The molecule has 0 saturated heterocycles. The van der Waals surface area contributed by atoms with E-state index < -0.39 is 5.97 Å². The normalized spacial score (nSPS) is 10.2. The summed E-state index contributed by atoms with van der Waals surface area (Å²) in [6.45, 7) is 0. The summed E-state index contributed by atoms with van der Waals surface area (Å²) in [5, 5.41) is 9.34. The van der Waals surface area contributed by atoms with Crippen molar-refractivity contribution in [2.24, 2.45) is 0 Å². The molecule has 2 rings (SSSR count). The van der Waals surface area contributed by atoms with Crippen molar-refractivity contribution in [3.8, 4) is 5.69 Å². The maximum atomic E-state index is 11.6. The van der Waals surface area contributed by atoms with E-state index in [1.54, 1.807) is 24.3 Å². The number of carboxylic acids is 1. The predicted molar refractivity (Wildman–Crippen MR) is 64.0 cm³/mol. The summed E-state index contributed by atoms with van der Waals surface area (Å²) in [6.07, 6.45) is 1.27. The summed E-state index contributed by atoms with van der Waals surface area (Å²) in [6, 6.07) is 9.12. The third kappa shape index (κ3) is 2.37. The molecule has 0 aliphatic heterocycles. The van der Waals surface area contributed by atoms with Crippen molar-refractivity contribution >= 4 is 17.6 Å². The third-order valence-electron chi connectivity index (χ3n) is 2.24. The van der Waals surface area contributed by atoms with Crippen molar-refractivity contribution in [2.75, 3.05) is 0 Å². The largest absolute Gasteiger partial charge is 0.478 e. The maximum Gasteiger partial charge on any atom is 0.337 e. The summed E-state index contributed by atoms with van der Waals surface area (Å²) < 4.78 is 1.25. The molecule has 17 heavy (non-hydrogen) atoms. The van der Waals surface area contributed by atoms with E-state index >= 15 is 0 Å². The number of hydrogen-bond donors (Lipinski definition) is 1. The lowest BCUT2D eigenvalue weighted by molar-refractivity contribution is 0.0696. The van der Waals surface area contributed by atoms with Gasteiger partial charge in [0.15, 0.2) is 0 Å². The van der Waals surface area contributed by atoms with Crippen LogP contribution < -0.4 is 5.56 Å². The molecule has 0 spiro atoms. The highest BCUT2D eigenvalue weighted by Crippen LogP contribution is 2.13. The zero-order valence-corrected chi connectivity index (χ0v) is 9.39. The first-order chi connectivity index (χ1) is 8.08. The molecule has 0 aliphatic carbocycles. The van der Waals surface area contributed by atoms with Gasteiger partial charge in [0.2, 0.25) is 0 Å². The Labute approximate surface area is 102 Å². The van der Waals surface area contributed by atoms with E-state index in [0.29, 0.717) is 10.7 Å². The Morgan fingerprint density at radius 2 is 2.00 bits per heavy atom. The molecule has 1 N–H and O–H groups in total. The second-order valence-electron chi connectivity index (χ2n) is 3.41. The second kappa shape index (κ2) is 4.43. The van der Waals surface area contributed by atoms with E-state index in [-0.39, 0.29) is 11.1 Å². The van der Waals surface area contributed by atoms with Gasteiger partial charge in [0.05, 0.1) is 11.3 Å². The fourth-order valence-electron chi connectivity index (χ4n) is 1.44. The Bertz CT molecular complexity index is 634. The average molecular weight is 250 g/mol. The highest BCUT2D eigenvalue weighted by Gasteiger charge is 2.06. The molecule has 0 aliphatic rings. The van der Waals surface area contributed by atoms with Crippen molar-refractivity contribution in [3.63, 3.8) is 0 Å². The Hall–Kier alpha value is -2.07. The second-order valence-corrected chi connectivity index (χ2v) is 3.85. The van der Waals surface area contributed by atoms with E-state index in [4.69, 9.17) is 16.7 Å². The molecule has 0 atom stereocenters. The van der Waals surface area contributed by atoms with Crippen molar-refractivity contribution in [1.82, 2.24) is 4.57 Å². The van der Waals surface area contributed by atoms with Gasteiger partial charge in [0.1, 0.15) is 0 Å². The molecule has 0 fully saturated rings. The monoisotopic (exact) mass is 249 g/mol. The third-order valence-corrected chi connectivity index (χ3v) is 2.48. The summed E-state index contributed by atoms with van der Waals surface area (Å²) >= 11 is 5.82. The molecular formula is C12H8ClNO3. The molecule has 86 valence electrons. The molecule has 0 bridgehead atoms. The number of pyridine rings is 1. The van der Waals surface area contributed by atoms with Crippen LogP contribution in [0, 0.1) is 0 Å². The number of rotatable bonds is 2. The number of aromatic carboxylic acids is 1. The zero-order chi connectivity index (χ0) is 12.4. The lowest BCUT2D eigenvalue weighted by Gasteiger charge is -2.06. The van der Waals surface area contributed by atoms with Crippen LogP contribution in [0.25, 0.3) is 5.69 Å². The smallest absolute Gasteiger partial charge is 0.337 e. The van der Waals surface area contributed by atoms with Gasteiger partial charge in [0, 0.05) is 17.3 Å². The van der Waals surface area contributed by atoms with Gasteiger partial charge >= 0.3 is 5.97 Å². The van der Waals surface area contributed by atoms with Crippen LogP contribution in [-0.4, -0.2) is 15.6 Å². The van der Waals surface area contributed by atoms with Crippen LogP contribution in [0.4, 0.5) is 0 Å². The van der Waals surface area contributed by atoms with Crippen LogP contribution in [0.5, 0.6) is 0 Å². The van der Waals surface area contributed by atoms with Crippen LogP contribution >= 0.6 is 11.6 Å². The number of benzene rings is 1. The Balaban J connectivity index is 2.62. The van der Waals surface area contributed by atoms with E-state index in [1.165, 1.54) is 22.9 Å². The topological polar surface area (TPSA) is 59.3 Å². The predicted octanol–water partition coefficient (Wildman–Crippen LogP) is 2.19. The van der Waals surface area contributed by atoms with Gasteiger partial charge in [-0.25, -0.2) is 4.79 Å². The number of halogens is 1. The van der Waals surface area contributed by atoms with Crippen molar-refractivity contribution < 1.29 is 9.90 Å². The minimum atomic E-state index is -1.08. The van der Waals surface area contributed by atoms with Crippen molar-refractivity contribution in [1.29, 1.82) is 0 Å². The zero-order valence-electron chi connectivity index (χ0n) is 8.63. The van der Waals surface area contributed by atoms with Crippen LogP contribution in [0.15, 0.2) is 47.4 Å². The van der Waals surface area contributed by atoms with Crippen LogP contribution in [0.2, 0.25) is 5.02 Å². The number of nitrogens with zero attached hydrogens (tertiary/aromatic N) is 1. The summed E-state index contributed by atoms with van der Waals surface area (Å²) in [4.78, 5) is 22.5. The fraction of sp³-hybridized carbons (Fsp3) is 0. The first-order valence-corrected chi connectivity index (χ1v) is 5.17. The van der Waals surface area contributed by atoms with Gasteiger partial charge in [-0.3, -0.25) is 9.36 Å². The van der Waals surface area contributed by atoms with Crippen LogP contribution in [0.1, 0.15) is 10.4 Å². The summed E-state index contributed by atoms with van der Waals surface area (Å²) in [7, 11) is 0. The SMILES string of the molecule is O=C(O)c1ccc(=O)n(-c2cccc(Cl)c2)c1. The lowest BCUT2D eigenvalue weighted by atomic mass is 10.2. The molecule has 5 heteroatoms. The highest BCUT2D eigenvalue weighted by molar-refractivity contribution is 6.30. The Morgan fingerprint density at radius 1 is 1.24 bits per heavy atom. The number of hydrogen-bond acceptors (Lipinski definition) is 2. The van der Waals surface area contributed by atoms with Crippen molar-refractivity contribution in [3.05, 3.63) is 63.5 Å². The van der Waals surface area contributed by atoms with E-state index in [9.17, 15) is 9.59 Å².